The molecule has 0 aliphatic carbocycles. The van der Waals surface area contributed by atoms with Gasteiger partial charge in [-0.1, -0.05) is 49.1 Å². The number of nitrogens with zero attached hydrogens (tertiary/aromatic N) is 1. The molecule has 0 amide bonds. The molecule has 0 fully saturated rings. The van der Waals surface area contributed by atoms with Gasteiger partial charge in [0.2, 0.25) is 0 Å². The van der Waals surface area contributed by atoms with E-state index in [0.29, 0.717) is 5.56 Å². The molecule has 2 aromatic rings. The number of rotatable bonds is 2. The van der Waals surface area contributed by atoms with E-state index in [1.807, 2.05) is 48.5 Å². The van der Waals surface area contributed by atoms with E-state index in [0.717, 1.165) is 16.7 Å². The van der Waals surface area contributed by atoms with E-state index in [1.165, 1.54) is 0 Å². The van der Waals surface area contributed by atoms with Gasteiger partial charge in [-0.05, 0) is 28.8 Å². The van der Waals surface area contributed by atoms with Crippen molar-refractivity contribution in [3.05, 3.63) is 66.2 Å². The molecule has 0 spiro atoms. The molecule has 0 aromatic heterocycles. The van der Waals surface area contributed by atoms with Crippen molar-refractivity contribution in [2.24, 2.45) is 0 Å². The summed E-state index contributed by atoms with van der Waals surface area (Å²) >= 11 is 0. The maximum Gasteiger partial charge on any atom is 0.0991 e. The summed E-state index contributed by atoms with van der Waals surface area (Å²) < 4.78 is 0. The van der Waals surface area contributed by atoms with Crippen LogP contribution in [-0.4, -0.2) is 0 Å². The zero-order chi connectivity index (χ0) is 11.4. The number of benzene rings is 2. The van der Waals surface area contributed by atoms with Gasteiger partial charge in [0.15, 0.2) is 0 Å². The highest BCUT2D eigenvalue weighted by Gasteiger charge is 2.01. The summed E-state index contributed by atoms with van der Waals surface area (Å²) in [5.41, 5.74) is 4.03. The van der Waals surface area contributed by atoms with E-state index in [4.69, 9.17) is 5.26 Å². The maximum atomic E-state index is 8.73. The average Bonchev–Trinajstić information content (AvgIpc) is 2.39. The normalized spacial score (nSPS) is 9.44. The smallest absolute Gasteiger partial charge is 0.0991 e. The zero-order valence-electron chi connectivity index (χ0n) is 8.85. The lowest BCUT2D eigenvalue weighted by Gasteiger charge is -2.05. The molecule has 0 saturated carbocycles. The van der Waals surface area contributed by atoms with Gasteiger partial charge >= 0.3 is 0 Å². The van der Waals surface area contributed by atoms with Gasteiger partial charge in [-0.25, -0.2) is 0 Å². The summed E-state index contributed by atoms with van der Waals surface area (Å²) in [6, 6.07) is 17.8. The van der Waals surface area contributed by atoms with Gasteiger partial charge in [-0.2, -0.15) is 5.26 Å². The monoisotopic (exact) mass is 205 g/mol. The van der Waals surface area contributed by atoms with Crippen LogP contribution < -0.4 is 0 Å². The molecule has 0 bridgehead atoms. The topological polar surface area (TPSA) is 23.8 Å². The number of hydrogen-bond acceptors (Lipinski definition) is 1. The highest BCUT2D eigenvalue weighted by Crippen LogP contribution is 2.24. The maximum absolute atomic E-state index is 8.73. The Balaban J connectivity index is 2.51. The van der Waals surface area contributed by atoms with Crippen LogP contribution in [0.5, 0.6) is 0 Å². The summed E-state index contributed by atoms with van der Waals surface area (Å²) in [5, 5.41) is 8.73. The summed E-state index contributed by atoms with van der Waals surface area (Å²) in [6.45, 7) is 3.80. The van der Waals surface area contributed by atoms with Crippen LogP contribution in [0.25, 0.3) is 17.2 Å². The molecule has 1 heteroatoms. The number of nitriles is 1. The Morgan fingerprint density at radius 3 is 2.31 bits per heavy atom. The van der Waals surface area contributed by atoms with Crippen molar-refractivity contribution in [1.29, 1.82) is 5.26 Å². The summed E-state index contributed by atoms with van der Waals surface area (Å²) in [4.78, 5) is 0. The van der Waals surface area contributed by atoms with Crippen molar-refractivity contribution in [1.82, 2.24) is 0 Å². The molecule has 1 nitrogen and oxygen atoms in total. The molecule has 0 atom stereocenters. The first kappa shape index (κ1) is 10.2. The first-order chi connectivity index (χ1) is 7.85. The van der Waals surface area contributed by atoms with Crippen LogP contribution in [0.1, 0.15) is 11.1 Å². The largest absolute Gasteiger partial charge is 0.192 e. The van der Waals surface area contributed by atoms with Gasteiger partial charge in [-0.3, -0.25) is 0 Å². The summed E-state index contributed by atoms with van der Waals surface area (Å²) in [7, 11) is 0. The van der Waals surface area contributed by atoms with Gasteiger partial charge in [0.25, 0.3) is 0 Å². The fourth-order valence-electron chi connectivity index (χ4n) is 1.66. The van der Waals surface area contributed by atoms with E-state index in [9.17, 15) is 0 Å². The minimum atomic E-state index is 0.680. The highest BCUT2D eigenvalue weighted by molar-refractivity contribution is 5.74. The molecule has 0 heterocycles. The number of hydrogen-bond donors (Lipinski definition) is 0. The standard InChI is InChI=1S/C15H11N/c1-2-13-5-3-4-6-15(13)14-9-7-12(11-16)8-10-14/h2-10H,1H2. The molecular weight excluding hydrogens is 194 g/mol. The second kappa shape index (κ2) is 4.46. The minimum Gasteiger partial charge on any atom is -0.192 e. The minimum absolute atomic E-state index is 0.680. The molecule has 2 rings (SSSR count). The second-order valence-electron chi connectivity index (χ2n) is 3.48. The van der Waals surface area contributed by atoms with E-state index < -0.39 is 0 Å². The van der Waals surface area contributed by atoms with Crippen LogP contribution in [0.15, 0.2) is 55.1 Å². The molecular formula is C15H11N. The Labute approximate surface area is 95.3 Å². The van der Waals surface area contributed by atoms with Gasteiger partial charge in [0, 0.05) is 0 Å². The van der Waals surface area contributed by atoms with Crippen molar-refractivity contribution in [3.63, 3.8) is 0 Å². The molecule has 0 N–H and O–H groups in total. The Morgan fingerprint density at radius 2 is 1.69 bits per heavy atom. The SMILES string of the molecule is C=Cc1ccccc1-c1ccc(C#N)cc1. The predicted octanol–water partition coefficient (Wildman–Crippen LogP) is 3.87. The van der Waals surface area contributed by atoms with Gasteiger partial charge in [0.1, 0.15) is 0 Å². The van der Waals surface area contributed by atoms with Crippen molar-refractivity contribution in [3.8, 4) is 17.2 Å². The molecule has 0 aliphatic rings. The zero-order valence-corrected chi connectivity index (χ0v) is 8.85. The Bertz CT molecular complexity index is 544. The van der Waals surface area contributed by atoms with E-state index in [2.05, 4.69) is 18.7 Å². The Kier molecular flexibility index (Phi) is 2.84. The molecule has 76 valence electrons. The van der Waals surface area contributed by atoms with Crippen molar-refractivity contribution in [2.75, 3.05) is 0 Å². The molecule has 0 saturated heterocycles. The van der Waals surface area contributed by atoms with Gasteiger partial charge in [-0.15, -0.1) is 0 Å². The van der Waals surface area contributed by atoms with E-state index in [1.54, 1.807) is 0 Å². The average molecular weight is 205 g/mol. The van der Waals surface area contributed by atoms with Crippen LogP contribution in [0, 0.1) is 11.3 Å². The Morgan fingerprint density at radius 1 is 1.00 bits per heavy atom. The van der Waals surface area contributed by atoms with Crippen LogP contribution in [-0.2, 0) is 0 Å². The van der Waals surface area contributed by atoms with Gasteiger partial charge < -0.3 is 0 Å². The summed E-state index contributed by atoms with van der Waals surface area (Å²) in [5.74, 6) is 0. The molecule has 2 aromatic carbocycles. The van der Waals surface area contributed by atoms with Crippen molar-refractivity contribution >= 4 is 6.08 Å². The quantitative estimate of drug-likeness (QED) is 0.730. The van der Waals surface area contributed by atoms with Crippen LogP contribution in [0.2, 0.25) is 0 Å². The molecule has 0 aliphatic heterocycles. The van der Waals surface area contributed by atoms with E-state index >= 15 is 0 Å². The summed E-state index contributed by atoms with van der Waals surface area (Å²) in [6.07, 6.45) is 1.84. The van der Waals surface area contributed by atoms with Gasteiger partial charge in [0.05, 0.1) is 11.6 Å². The lowest BCUT2D eigenvalue weighted by Crippen LogP contribution is -1.82. The molecule has 0 unspecified atom stereocenters. The third kappa shape index (κ3) is 1.87. The van der Waals surface area contributed by atoms with Crippen LogP contribution in [0.4, 0.5) is 0 Å². The predicted molar refractivity (Wildman–Crippen MR) is 66.7 cm³/mol. The van der Waals surface area contributed by atoms with Crippen molar-refractivity contribution < 1.29 is 0 Å². The fourth-order valence-corrected chi connectivity index (χ4v) is 1.66. The lowest BCUT2D eigenvalue weighted by atomic mass is 9.99. The third-order valence-corrected chi connectivity index (χ3v) is 2.51. The first-order valence-electron chi connectivity index (χ1n) is 5.07. The van der Waals surface area contributed by atoms with E-state index in [-0.39, 0.29) is 0 Å². The molecule has 16 heavy (non-hydrogen) atoms. The second-order valence-corrected chi connectivity index (χ2v) is 3.48. The first-order valence-corrected chi connectivity index (χ1v) is 5.07. The highest BCUT2D eigenvalue weighted by atomic mass is 14.2. The van der Waals surface area contributed by atoms with Crippen LogP contribution >= 0.6 is 0 Å². The molecule has 0 radical (unpaired) electrons. The van der Waals surface area contributed by atoms with Crippen LogP contribution in [0.3, 0.4) is 0 Å². The Hall–Kier alpha value is -2.33. The third-order valence-electron chi connectivity index (χ3n) is 2.51. The fraction of sp³-hybridized carbons (Fsp3) is 0. The van der Waals surface area contributed by atoms with Crippen molar-refractivity contribution in [2.45, 2.75) is 0 Å². The lowest BCUT2D eigenvalue weighted by molar-refractivity contribution is 1.48.